The summed E-state index contributed by atoms with van der Waals surface area (Å²) in [5, 5.41) is 6.84. The molecule has 2 aromatic carbocycles. The Bertz CT molecular complexity index is 880. The molecule has 4 rings (SSSR count). The van der Waals surface area contributed by atoms with Crippen molar-refractivity contribution < 1.29 is 4.79 Å². The zero-order valence-electron chi connectivity index (χ0n) is 17.8. The van der Waals surface area contributed by atoms with Crippen molar-refractivity contribution in [2.24, 2.45) is 10.9 Å². The highest BCUT2D eigenvalue weighted by Crippen LogP contribution is 2.33. The van der Waals surface area contributed by atoms with Gasteiger partial charge in [-0.1, -0.05) is 54.6 Å². The first-order valence-electron chi connectivity index (χ1n) is 11.1. The van der Waals surface area contributed by atoms with Crippen LogP contribution in [0.2, 0.25) is 0 Å². The molecule has 30 heavy (non-hydrogen) atoms. The maximum Gasteiger partial charge on any atom is 0.223 e. The average molecular weight is 405 g/mol. The van der Waals surface area contributed by atoms with Crippen LogP contribution in [0.3, 0.4) is 0 Å². The van der Waals surface area contributed by atoms with Crippen LogP contribution in [0.1, 0.15) is 36.0 Å². The maximum absolute atomic E-state index is 12.4. The van der Waals surface area contributed by atoms with Crippen LogP contribution in [0.4, 0.5) is 0 Å². The van der Waals surface area contributed by atoms with Crippen molar-refractivity contribution in [2.75, 3.05) is 32.7 Å². The van der Waals surface area contributed by atoms with Gasteiger partial charge in [0, 0.05) is 51.0 Å². The summed E-state index contributed by atoms with van der Waals surface area (Å²) in [6.07, 6.45) is 2.65. The lowest BCUT2D eigenvalue weighted by atomic mass is 9.78. The van der Waals surface area contributed by atoms with Crippen molar-refractivity contribution in [3.8, 4) is 0 Å². The minimum Gasteiger partial charge on any atom is -0.357 e. The number of aliphatic imine (C=N–C) groups is 1. The van der Waals surface area contributed by atoms with Crippen LogP contribution in [0.25, 0.3) is 0 Å². The van der Waals surface area contributed by atoms with Crippen LogP contribution in [0.5, 0.6) is 0 Å². The third kappa shape index (κ3) is 5.02. The lowest BCUT2D eigenvalue weighted by molar-refractivity contribution is -0.127. The van der Waals surface area contributed by atoms with Gasteiger partial charge in [-0.05, 0) is 36.5 Å². The summed E-state index contributed by atoms with van der Waals surface area (Å²) in [5.41, 5.74) is 4.20. The number of guanidine groups is 1. The molecule has 1 aliphatic carbocycles. The highest BCUT2D eigenvalue weighted by molar-refractivity contribution is 5.80. The fraction of sp³-hybridized carbons (Fsp3) is 0.440. The average Bonchev–Trinajstić information content (AvgIpc) is 3.11. The Morgan fingerprint density at radius 2 is 1.87 bits per heavy atom. The monoisotopic (exact) mass is 404 g/mol. The van der Waals surface area contributed by atoms with E-state index < -0.39 is 0 Å². The van der Waals surface area contributed by atoms with Crippen molar-refractivity contribution in [3.63, 3.8) is 0 Å². The number of hydrogen-bond donors (Lipinski definition) is 2. The van der Waals surface area contributed by atoms with Gasteiger partial charge in [-0.15, -0.1) is 0 Å². The van der Waals surface area contributed by atoms with Crippen LogP contribution in [0.15, 0.2) is 59.6 Å². The smallest absolute Gasteiger partial charge is 0.223 e. The number of likely N-dealkylation sites (tertiary alicyclic amines) is 1. The summed E-state index contributed by atoms with van der Waals surface area (Å²) in [6, 6.07) is 19.0. The van der Waals surface area contributed by atoms with Crippen molar-refractivity contribution >= 4 is 11.9 Å². The van der Waals surface area contributed by atoms with E-state index in [2.05, 4.69) is 66.1 Å². The van der Waals surface area contributed by atoms with Crippen LogP contribution in [-0.2, 0) is 17.6 Å². The molecule has 1 fully saturated rings. The Labute approximate surface area is 179 Å². The molecule has 2 unspecified atom stereocenters. The van der Waals surface area contributed by atoms with E-state index in [-0.39, 0.29) is 5.91 Å². The van der Waals surface area contributed by atoms with Crippen molar-refractivity contribution in [1.29, 1.82) is 0 Å². The Kier molecular flexibility index (Phi) is 6.67. The summed E-state index contributed by atoms with van der Waals surface area (Å²) in [4.78, 5) is 19.2. The van der Waals surface area contributed by atoms with Gasteiger partial charge >= 0.3 is 0 Å². The second-order valence-corrected chi connectivity index (χ2v) is 8.35. The molecule has 2 atom stereocenters. The van der Waals surface area contributed by atoms with E-state index in [1.54, 1.807) is 0 Å². The number of fused-ring (bicyclic) bond motifs is 1. The van der Waals surface area contributed by atoms with E-state index >= 15 is 0 Å². The lowest BCUT2D eigenvalue weighted by Crippen LogP contribution is -2.41. The Hall–Kier alpha value is -2.82. The normalized spacial score (nSPS) is 20.6. The van der Waals surface area contributed by atoms with E-state index in [1.807, 2.05) is 11.0 Å². The minimum atomic E-state index is 0.259. The van der Waals surface area contributed by atoms with Crippen LogP contribution < -0.4 is 10.6 Å². The molecule has 2 aromatic rings. The topological polar surface area (TPSA) is 56.7 Å². The predicted octanol–water partition coefficient (Wildman–Crippen LogP) is 2.97. The number of rotatable bonds is 8. The fourth-order valence-electron chi connectivity index (χ4n) is 4.43. The van der Waals surface area contributed by atoms with Gasteiger partial charge in [0.25, 0.3) is 0 Å². The molecule has 0 radical (unpaired) electrons. The van der Waals surface area contributed by atoms with Gasteiger partial charge in [-0.2, -0.15) is 0 Å². The fourth-order valence-corrected chi connectivity index (χ4v) is 4.43. The van der Waals surface area contributed by atoms with Gasteiger partial charge in [0.05, 0.1) is 0 Å². The SMILES string of the molecule is CCNC(=NCC1CC(=O)N(CCc2ccccc2)C1)NCC1Cc2ccccc21. The highest BCUT2D eigenvalue weighted by atomic mass is 16.2. The van der Waals surface area contributed by atoms with E-state index in [0.29, 0.717) is 24.8 Å². The third-order valence-corrected chi connectivity index (χ3v) is 6.14. The number of hydrogen-bond acceptors (Lipinski definition) is 2. The molecule has 0 aromatic heterocycles. The Morgan fingerprint density at radius 3 is 2.67 bits per heavy atom. The number of carbonyl (C=O) groups is 1. The molecule has 0 saturated carbocycles. The van der Waals surface area contributed by atoms with Crippen molar-refractivity contribution in [3.05, 3.63) is 71.3 Å². The molecule has 2 aliphatic rings. The summed E-state index contributed by atoms with van der Waals surface area (Å²) in [7, 11) is 0. The minimum absolute atomic E-state index is 0.259. The maximum atomic E-state index is 12.4. The molecule has 2 N–H and O–H groups in total. The van der Waals surface area contributed by atoms with Crippen LogP contribution >= 0.6 is 0 Å². The van der Waals surface area contributed by atoms with Crippen LogP contribution in [-0.4, -0.2) is 49.5 Å². The van der Waals surface area contributed by atoms with E-state index in [4.69, 9.17) is 4.99 Å². The van der Waals surface area contributed by atoms with E-state index in [0.717, 1.165) is 45.0 Å². The van der Waals surface area contributed by atoms with Crippen LogP contribution in [0, 0.1) is 5.92 Å². The standard InChI is InChI=1S/C25H32N4O/c1-2-26-25(28-17-22-15-21-10-6-7-11-23(21)22)27-16-20-14-24(30)29(18-20)13-12-19-8-4-3-5-9-19/h3-11,20,22H,2,12-18H2,1H3,(H2,26,27,28). The molecular formula is C25H32N4O. The molecule has 5 heteroatoms. The van der Waals surface area contributed by atoms with Crippen molar-refractivity contribution in [2.45, 2.75) is 32.1 Å². The Morgan fingerprint density at radius 1 is 1.07 bits per heavy atom. The molecule has 0 bridgehead atoms. The highest BCUT2D eigenvalue weighted by Gasteiger charge is 2.29. The molecule has 158 valence electrons. The first-order chi connectivity index (χ1) is 14.7. The van der Waals surface area contributed by atoms with Gasteiger partial charge in [0.1, 0.15) is 0 Å². The Balaban J connectivity index is 1.25. The summed E-state index contributed by atoms with van der Waals surface area (Å²) in [6.45, 7) is 6.10. The van der Waals surface area contributed by atoms with Gasteiger partial charge in [0.15, 0.2) is 5.96 Å². The van der Waals surface area contributed by atoms with E-state index in [1.165, 1.54) is 16.7 Å². The number of amides is 1. The van der Waals surface area contributed by atoms with Gasteiger partial charge in [-0.25, -0.2) is 0 Å². The van der Waals surface area contributed by atoms with Gasteiger partial charge < -0.3 is 15.5 Å². The summed E-state index contributed by atoms with van der Waals surface area (Å²) in [5.74, 6) is 1.98. The number of benzene rings is 2. The zero-order chi connectivity index (χ0) is 20.8. The quantitative estimate of drug-likeness (QED) is 0.525. The predicted molar refractivity (Wildman–Crippen MR) is 122 cm³/mol. The molecule has 5 nitrogen and oxygen atoms in total. The molecule has 1 aliphatic heterocycles. The first kappa shape index (κ1) is 20.5. The van der Waals surface area contributed by atoms with E-state index in [9.17, 15) is 4.79 Å². The third-order valence-electron chi connectivity index (χ3n) is 6.14. The largest absolute Gasteiger partial charge is 0.357 e. The van der Waals surface area contributed by atoms with Crippen molar-refractivity contribution in [1.82, 2.24) is 15.5 Å². The first-order valence-corrected chi connectivity index (χ1v) is 11.1. The molecular weight excluding hydrogens is 372 g/mol. The second kappa shape index (κ2) is 9.79. The number of carbonyl (C=O) groups excluding carboxylic acids is 1. The molecule has 0 spiro atoms. The van der Waals surface area contributed by atoms with Gasteiger partial charge in [-0.3, -0.25) is 9.79 Å². The van der Waals surface area contributed by atoms with Gasteiger partial charge in [0.2, 0.25) is 5.91 Å². The zero-order valence-corrected chi connectivity index (χ0v) is 17.8. The molecule has 1 heterocycles. The number of nitrogens with zero attached hydrogens (tertiary/aromatic N) is 2. The lowest BCUT2D eigenvalue weighted by Gasteiger charge is -2.30. The summed E-state index contributed by atoms with van der Waals surface area (Å²) >= 11 is 0. The number of nitrogens with one attached hydrogen (secondary N) is 2. The molecule has 1 amide bonds. The summed E-state index contributed by atoms with van der Waals surface area (Å²) < 4.78 is 0. The second-order valence-electron chi connectivity index (χ2n) is 8.35. The molecule has 1 saturated heterocycles.